The van der Waals surface area contributed by atoms with E-state index in [1.165, 1.54) is 95.6 Å². The standard InChI is InChI=1S/C12H16N4S.C11H13N3O2S3.C9H15N3S3.6C8H8.3C7H8.C6H9N3S2.C6H10N2S3/c1-3-13-11-14-12(16-15-11)17-8-10-6-4-9(2)5-7-10;1-3-17-11-13-12-10(18-11)14-19(15,16)9-6-4-8(2)5-7-9;1-4-13-7-10-8(14-5-2)12-9(11-7)15-6-3;6*1-2-8-6-4-3-5-7-8;3*1-7-5-3-2-4-6-7;1-3-7-5-8-9-6(11-5)10-4-2;1-3-9-5-7-8-6(11-5)10-4-2/h4-7H,3,8H2,1-2H3,(H2,13,14,15,16);4-7H,3H2,1-2H3,(H,12,14);4-6H2,1-3H3;6*2-7H,1H2;3*2-6H,1H3;3H,4H2,1-2H3;3-4H2,1-2H3. The Morgan fingerprint density at radius 1 is 0.317 bits per heavy atom. The highest BCUT2D eigenvalue weighted by Crippen LogP contribution is 2.31. The number of thioether (sulfide) groups is 8. The SMILES string of the molecule is C=Cc1ccccc1.C=Cc1ccccc1.C=Cc1ccccc1.C=Cc1ccccc1.C=Cc1ccccc1.C=Cc1ccccc1.CC=Nc1nnc(SCC)s1.CCNc1nc(SCc2ccc(C)cc2)n[nH]1.CCSc1nc(SCC)nc(SCC)n1.CCSc1nnc(NS(=O)(=O)c2ccc(C)cc2)s1.CCSc1nnc(SCC)s1.Cc1ccccc1.Cc1ccccc1.Cc1ccccc1. The number of rotatable bonds is 29. The van der Waals surface area contributed by atoms with Crippen molar-refractivity contribution in [3.8, 4) is 0 Å². The summed E-state index contributed by atoms with van der Waals surface area (Å²) >= 11 is 17.8. The number of hydrogen-bond donors (Lipinski definition) is 3. The molecule has 0 unspecified atom stereocenters. The number of aromatic amines is 1. The summed E-state index contributed by atoms with van der Waals surface area (Å²) in [6.45, 7) is 51.4. The van der Waals surface area contributed by atoms with Gasteiger partial charge in [-0.1, -0.05) is 590 Å². The maximum absolute atomic E-state index is 12.1. The van der Waals surface area contributed by atoms with Crippen LogP contribution in [-0.4, -0.2) is 122 Å². The van der Waals surface area contributed by atoms with Crippen LogP contribution < -0.4 is 10.0 Å². The van der Waals surface area contributed by atoms with Crippen LogP contribution in [0.4, 0.5) is 16.2 Å². The van der Waals surface area contributed by atoms with Gasteiger partial charge in [0.25, 0.3) is 10.0 Å². The van der Waals surface area contributed by atoms with Gasteiger partial charge in [0, 0.05) is 18.5 Å². The summed E-state index contributed by atoms with van der Waals surface area (Å²) in [5, 5.41) is 38.0. The van der Waals surface area contributed by atoms with Gasteiger partial charge in [-0.05, 0) is 140 Å². The van der Waals surface area contributed by atoms with E-state index in [-0.39, 0.29) is 10.0 Å². The number of nitrogens with zero attached hydrogens (tertiary/aromatic N) is 12. The van der Waals surface area contributed by atoms with Crippen LogP contribution in [0.25, 0.3) is 36.5 Å². The number of sulfonamides is 1. The fourth-order valence-electron chi connectivity index (χ4n) is 9.86. The summed E-state index contributed by atoms with van der Waals surface area (Å²) < 4.78 is 30.6. The summed E-state index contributed by atoms with van der Waals surface area (Å²) in [5.74, 6) is 8.67. The number of benzene rings is 11. The minimum Gasteiger partial charge on any atom is -0.355 e. The van der Waals surface area contributed by atoms with Crippen LogP contribution >= 0.6 is 128 Å². The molecule has 0 radical (unpaired) electrons. The van der Waals surface area contributed by atoms with Gasteiger partial charge in [-0.15, -0.1) is 35.7 Å². The second-order valence-electron chi connectivity index (χ2n) is 28.0. The van der Waals surface area contributed by atoms with Crippen molar-refractivity contribution >= 4 is 197 Å². The van der Waals surface area contributed by atoms with E-state index in [1.54, 1.807) is 124 Å². The smallest absolute Gasteiger partial charge is 0.263 e. The molecule has 0 saturated heterocycles. The van der Waals surface area contributed by atoms with E-state index in [9.17, 15) is 8.42 Å². The lowest BCUT2D eigenvalue weighted by molar-refractivity contribution is 0.601. The van der Waals surface area contributed by atoms with Crippen LogP contribution in [0.2, 0.25) is 0 Å². The van der Waals surface area contributed by atoms with Gasteiger partial charge in [0.05, 0.1) is 4.90 Å². The molecule has 5 heterocycles. The number of aliphatic imine (C=N–C) groups is 1. The first kappa shape index (κ1) is 125. The Kier molecular flexibility index (Phi) is 72.3. The fourth-order valence-corrected chi connectivity index (χ4v) is 19.8. The van der Waals surface area contributed by atoms with Crippen LogP contribution in [-0.2, 0) is 15.8 Å². The average Bonchev–Trinajstić information content (AvgIpc) is 1.43. The maximum Gasteiger partial charge on any atom is 0.263 e. The number of H-pyrrole nitrogens is 1. The minimum atomic E-state index is -3.58. The van der Waals surface area contributed by atoms with Crippen molar-refractivity contribution in [2.45, 2.75) is 146 Å². The zero-order chi connectivity index (χ0) is 104. The van der Waals surface area contributed by atoms with Crippen LogP contribution in [0, 0.1) is 34.6 Å². The highest BCUT2D eigenvalue weighted by atomic mass is 32.2. The van der Waals surface area contributed by atoms with E-state index in [1.807, 2.05) is 301 Å². The zero-order valence-electron chi connectivity index (χ0n) is 83.8. The summed E-state index contributed by atoms with van der Waals surface area (Å²) in [7, 11) is -3.58. The zero-order valence-corrected chi connectivity index (χ0v) is 93.6. The van der Waals surface area contributed by atoms with Crippen molar-refractivity contribution in [1.29, 1.82) is 0 Å². The highest BCUT2D eigenvalue weighted by molar-refractivity contribution is 8.03. The third-order valence-corrected chi connectivity index (χ3v) is 28.0. The molecule has 0 fully saturated rings. The summed E-state index contributed by atoms with van der Waals surface area (Å²) in [5.41, 5.74) is 14.6. The molecular weight excluding hydrogens is 1980 g/mol. The first-order valence-electron chi connectivity index (χ1n) is 45.8. The molecule has 16 rings (SSSR count). The third-order valence-electron chi connectivity index (χ3n) is 16.8. The van der Waals surface area contributed by atoms with Crippen molar-refractivity contribution in [3.63, 3.8) is 0 Å². The number of aromatic nitrogens is 12. The largest absolute Gasteiger partial charge is 0.355 e. The molecular formula is C113H135N15O2S12. The Hall–Kier alpha value is -11.3. The van der Waals surface area contributed by atoms with E-state index in [2.05, 4.69) is 245 Å². The minimum absolute atomic E-state index is 0.220. The van der Waals surface area contributed by atoms with Crippen molar-refractivity contribution in [1.82, 2.24) is 60.7 Å². The Balaban J connectivity index is 0.000000398. The quantitative estimate of drug-likeness (QED) is 0.0292. The normalized spacial score (nSPS) is 9.73. The lowest BCUT2D eigenvalue weighted by atomic mass is 10.2. The van der Waals surface area contributed by atoms with Crippen LogP contribution in [0.3, 0.4) is 0 Å². The Labute approximate surface area is 893 Å². The van der Waals surface area contributed by atoms with Crippen LogP contribution in [0.1, 0.15) is 129 Å². The number of anilines is 2. The predicted octanol–water partition coefficient (Wildman–Crippen LogP) is 33.9. The molecule has 0 bridgehead atoms. The van der Waals surface area contributed by atoms with E-state index in [0.717, 1.165) is 107 Å². The monoisotopic (exact) mass is 2120 g/mol. The molecule has 142 heavy (non-hydrogen) atoms. The molecule has 3 N–H and O–H groups in total. The molecule has 29 heteroatoms. The third kappa shape index (κ3) is 62.2. The molecule has 0 amide bonds. The molecule has 0 aliphatic heterocycles. The topological polar surface area (TPSA) is 228 Å². The number of nitrogens with one attached hydrogen (secondary N) is 3. The van der Waals surface area contributed by atoms with Gasteiger partial charge < -0.3 is 5.32 Å². The van der Waals surface area contributed by atoms with Crippen LogP contribution in [0.5, 0.6) is 0 Å². The van der Waals surface area contributed by atoms with Gasteiger partial charge in [0.15, 0.2) is 32.8 Å². The van der Waals surface area contributed by atoms with Gasteiger partial charge in [0.2, 0.25) is 21.4 Å². The van der Waals surface area contributed by atoms with Crippen molar-refractivity contribution in [2.75, 3.05) is 56.9 Å². The van der Waals surface area contributed by atoms with Gasteiger partial charge >= 0.3 is 0 Å². The van der Waals surface area contributed by atoms with Gasteiger partial charge in [-0.3, -0.25) is 4.72 Å². The molecule has 5 aromatic heterocycles. The van der Waals surface area contributed by atoms with Crippen molar-refractivity contribution < 1.29 is 8.42 Å². The molecule has 746 valence electrons. The molecule has 17 nitrogen and oxygen atoms in total. The van der Waals surface area contributed by atoms with Gasteiger partial charge in [-0.25, -0.2) is 18.5 Å². The maximum atomic E-state index is 12.1. The van der Waals surface area contributed by atoms with E-state index in [4.69, 9.17) is 0 Å². The van der Waals surface area contributed by atoms with E-state index >= 15 is 0 Å². The highest BCUT2D eigenvalue weighted by Gasteiger charge is 2.17. The second kappa shape index (κ2) is 82.2. The number of hydrogen-bond acceptors (Lipinski definition) is 26. The Morgan fingerprint density at radius 3 is 0.866 bits per heavy atom. The fraction of sp³-hybridized carbons (Fsp3) is 0.204. The van der Waals surface area contributed by atoms with E-state index < -0.39 is 10.0 Å². The average molecular weight is 2120 g/mol. The second-order valence-corrected chi connectivity index (χ2v) is 43.3. The van der Waals surface area contributed by atoms with Gasteiger partial charge in [-0.2, -0.15) is 19.9 Å². The summed E-state index contributed by atoms with van der Waals surface area (Å²) in [4.78, 5) is 21.7. The summed E-state index contributed by atoms with van der Waals surface area (Å²) in [6.07, 6.45) is 12.7. The Bertz CT molecular complexity index is 5520. The molecule has 0 atom stereocenters. The summed E-state index contributed by atoms with van der Waals surface area (Å²) in [6, 6.07) is 106. The first-order valence-corrected chi connectivity index (χ1v) is 57.6. The van der Waals surface area contributed by atoms with Crippen molar-refractivity contribution in [3.05, 3.63) is 428 Å². The molecule has 0 aliphatic carbocycles. The number of aryl methyl sites for hydroxylation is 5. The lowest BCUT2D eigenvalue weighted by Crippen LogP contribution is -2.12. The first-order chi connectivity index (χ1) is 69.1. The Morgan fingerprint density at radius 2 is 0.592 bits per heavy atom. The predicted molar refractivity (Wildman–Crippen MR) is 634 cm³/mol. The molecule has 0 spiro atoms. The molecule has 0 aliphatic rings. The molecule has 16 aromatic rings. The van der Waals surface area contributed by atoms with Gasteiger partial charge in [0.1, 0.15) is 0 Å². The van der Waals surface area contributed by atoms with Crippen LogP contribution in [0.15, 0.2) is 409 Å². The molecule has 11 aromatic carbocycles. The van der Waals surface area contributed by atoms with Crippen molar-refractivity contribution in [2.24, 2.45) is 4.99 Å². The molecule has 0 saturated carbocycles. The van der Waals surface area contributed by atoms with E-state index in [0.29, 0.717) is 0 Å². The lowest BCUT2D eigenvalue weighted by Gasteiger charge is -2.04.